The third-order valence-corrected chi connectivity index (χ3v) is 6.55. The van der Waals surface area contributed by atoms with Crippen LogP contribution in [0.25, 0.3) is 55.9 Å². The summed E-state index contributed by atoms with van der Waals surface area (Å²) in [7, 11) is 0. The lowest BCUT2D eigenvalue weighted by atomic mass is 9.94. The highest BCUT2D eigenvalue weighted by molar-refractivity contribution is 5.81. The fourth-order valence-corrected chi connectivity index (χ4v) is 4.72. The van der Waals surface area contributed by atoms with E-state index in [1.165, 1.54) is 33.4 Å². The van der Waals surface area contributed by atoms with Gasteiger partial charge in [0.1, 0.15) is 5.82 Å². The van der Waals surface area contributed by atoms with Gasteiger partial charge in [-0.3, -0.25) is 0 Å². The molecule has 2 nitrogen and oxygen atoms in total. The van der Waals surface area contributed by atoms with Crippen LogP contribution in [0, 0.1) is 6.92 Å². The van der Waals surface area contributed by atoms with E-state index in [9.17, 15) is 0 Å². The number of hydrogen-bond donors (Lipinski definition) is 0. The van der Waals surface area contributed by atoms with E-state index < -0.39 is 0 Å². The summed E-state index contributed by atoms with van der Waals surface area (Å²) in [6, 6.07) is 48.9. The SMILES string of the molecule is Cc1nc(-c2cccc(-c3ccccc3)c2)cc(-c2cc(-c3ccccc3)cc(-c3ccccc3)c2)n1. The molecule has 0 unspecified atom stereocenters. The highest BCUT2D eigenvalue weighted by Crippen LogP contribution is 2.34. The Hall–Kier alpha value is -4.82. The van der Waals surface area contributed by atoms with Gasteiger partial charge in [0.2, 0.25) is 0 Å². The lowest BCUT2D eigenvalue weighted by Crippen LogP contribution is -1.96. The van der Waals surface area contributed by atoms with Gasteiger partial charge in [-0.15, -0.1) is 0 Å². The summed E-state index contributed by atoms with van der Waals surface area (Å²) >= 11 is 0. The van der Waals surface area contributed by atoms with Crippen molar-refractivity contribution in [3.05, 3.63) is 145 Å². The summed E-state index contributed by atoms with van der Waals surface area (Å²) in [5.74, 6) is 0.754. The van der Waals surface area contributed by atoms with E-state index in [1.807, 2.05) is 13.0 Å². The van der Waals surface area contributed by atoms with Crippen LogP contribution >= 0.6 is 0 Å². The van der Waals surface area contributed by atoms with Crippen molar-refractivity contribution < 1.29 is 0 Å². The molecule has 0 fully saturated rings. The first-order valence-electron chi connectivity index (χ1n) is 12.5. The molecule has 0 aliphatic carbocycles. The molecule has 0 atom stereocenters. The summed E-state index contributed by atoms with van der Waals surface area (Å²) in [4.78, 5) is 9.68. The Morgan fingerprint density at radius 2 is 0.703 bits per heavy atom. The first-order valence-corrected chi connectivity index (χ1v) is 12.5. The molecule has 0 amide bonds. The number of hydrogen-bond acceptors (Lipinski definition) is 2. The molecule has 6 rings (SSSR count). The van der Waals surface area contributed by atoms with Gasteiger partial charge >= 0.3 is 0 Å². The topological polar surface area (TPSA) is 25.8 Å². The molecule has 0 bridgehead atoms. The molecular formula is C35H26N2. The molecule has 0 aliphatic rings. The standard InChI is InChI=1S/C35H26N2/c1-25-36-34(30-19-11-18-29(20-30)26-12-5-2-6-13-26)24-35(37-25)33-22-31(27-14-7-3-8-15-27)21-32(23-33)28-16-9-4-10-17-28/h2-24H,1H3. The van der Waals surface area contributed by atoms with Crippen LogP contribution in [0.15, 0.2) is 140 Å². The Morgan fingerprint density at radius 3 is 1.24 bits per heavy atom. The lowest BCUT2D eigenvalue weighted by Gasteiger charge is -2.12. The summed E-state index contributed by atoms with van der Waals surface area (Å²) in [5.41, 5.74) is 11.1. The average Bonchev–Trinajstić information content (AvgIpc) is 2.98. The Morgan fingerprint density at radius 1 is 0.324 bits per heavy atom. The van der Waals surface area contributed by atoms with Crippen molar-refractivity contribution in [2.24, 2.45) is 0 Å². The van der Waals surface area contributed by atoms with Gasteiger partial charge < -0.3 is 0 Å². The maximum atomic E-state index is 4.87. The van der Waals surface area contributed by atoms with Crippen LogP contribution in [-0.2, 0) is 0 Å². The van der Waals surface area contributed by atoms with E-state index in [-0.39, 0.29) is 0 Å². The molecule has 0 saturated carbocycles. The zero-order valence-corrected chi connectivity index (χ0v) is 20.7. The minimum atomic E-state index is 0.754. The highest BCUT2D eigenvalue weighted by atomic mass is 14.9. The second-order valence-electron chi connectivity index (χ2n) is 9.16. The number of aryl methyl sites for hydroxylation is 1. The average molecular weight is 475 g/mol. The molecule has 37 heavy (non-hydrogen) atoms. The van der Waals surface area contributed by atoms with Crippen molar-refractivity contribution in [3.8, 4) is 55.9 Å². The molecule has 6 aromatic rings. The monoisotopic (exact) mass is 474 g/mol. The summed E-state index contributed by atoms with van der Waals surface area (Å²) in [6.07, 6.45) is 0. The molecule has 1 heterocycles. The van der Waals surface area contributed by atoms with Crippen LogP contribution in [0.1, 0.15) is 5.82 Å². The molecular weight excluding hydrogens is 448 g/mol. The number of benzene rings is 5. The normalized spacial score (nSPS) is 10.8. The molecule has 5 aromatic carbocycles. The molecule has 0 saturated heterocycles. The highest BCUT2D eigenvalue weighted by Gasteiger charge is 2.12. The molecule has 0 spiro atoms. The predicted octanol–water partition coefficient (Wildman–Crippen LogP) is 9.12. The van der Waals surface area contributed by atoms with Gasteiger partial charge in [-0.2, -0.15) is 0 Å². The van der Waals surface area contributed by atoms with Gasteiger partial charge in [0.15, 0.2) is 0 Å². The number of nitrogens with zero attached hydrogens (tertiary/aromatic N) is 2. The Labute approximate surface area is 218 Å². The van der Waals surface area contributed by atoms with Crippen molar-refractivity contribution in [2.75, 3.05) is 0 Å². The largest absolute Gasteiger partial charge is 0.233 e. The Kier molecular flexibility index (Phi) is 6.14. The van der Waals surface area contributed by atoms with Gasteiger partial charge in [0.05, 0.1) is 11.4 Å². The van der Waals surface area contributed by atoms with Crippen molar-refractivity contribution in [1.82, 2.24) is 9.97 Å². The zero-order chi connectivity index (χ0) is 25.0. The van der Waals surface area contributed by atoms with E-state index in [1.54, 1.807) is 0 Å². The summed E-state index contributed by atoms with van der Waals surface area (Å²) in [5, 5.41) is 0. The van der Waals surface area contributed by atoms with E-state index in [4.69, 9.17) is 9.97 Å². The van der Waals surface area contributed by atoms with Crippen LogP contribution in [0.4, 0.5) is 0 Å². The van der Waals surface area contributed by atoms with Crippen molar-refractivity contribution in [1.29, 1.82) is 0 Å². The Bertz CT molecular complexity index is 1600. The summed E-state index contributed by atoms with van der Waals surface area (Å²) in [6.45, 7) is 1.97. The van der Waals surface area contributed by atoms with Gasteiger partial charge in [0.25, 0.3) is 0 Å². The second-order valence-corrected chi connectivity index (χ2v) is 9.16. The van der Waals surface area contributed by atoms with Crippen molar-refractivity contribution in [3.63, 3.8) is 0 Å². The minimum Gasteiger partial charge on any atom is -0.233 e. The third kappa shape index (κ3) is 4.96. The maximum Gasteiger partial charge on any atom is 0.126 e. The third-order valence-electron chi connectivity index (χ3n) is 6.55. The molecule has 0 radical (unpaired) electrons. The molecule has 1 aromatic heterocycles. The Balaban J connectivity index is 1.48. The minimum absolute atomic E-state index is 0.754. The van der Waals surface area contributed by atoms with Gasteiger partial charge in [0, 0.05) is 11.1 Å². The van der Waals surface area contributed by atoms with Gasteiger partial charge in [-0.05, 0) is 70.6 Å². The van der Waals surface area contributed by atoms with Crippen LogP contribution < -0.4 is 0 Å². The van der Waals surface area contributed by atoms with E-state index in [0.29, 0.717) is 0 Å². The van der Waals surface area contributed by atoms with Gasteiger partial charge in [-0.1, -0.05) is 109 Å². The first-order chi connectivity index (χ1) is 18.2. The molecule has 176 valence electrons. The molecule has 2 heteroatoms. The van der Waals surface area contributed by atoms with Crippen LogP contribution in [0.2, 0.25) is 0 Å². The van der Waals surface area contributed by atoms with Crippen molar-refractivity contribution in [2.45, 2.75) is 6.92 Å². The zero-order valence-electron chi connectivity index (χ0n) is 20.7. The predicted molar refractivity (Wildman–Crippen MR) is 154 cm³/mol. The van der Waals surface area contributed by atoms with E-state index in [2.05, 4.69) is 133 Å². The maximum absolute atomic E-state index is 4.87. The fraction of sp³-hybridized carbons (Fsp3) is 0.0286. The number of aromatic nitrogens is 2. The van der Waals surface area contributed by atoms with Crippen molar-refractivity contribution >= 4 is 0 Å². The lowest BCUT2D eigenvalue weighted by molar-refractivity contribution is 1.06. The van der Waals surface area contributed by atoms with Crippen LogP contribution in [0.5, 0.6) is 0 Å². The second kappa shape index (κ2) is 10.0. The molecule has 0 aliphatic heterocycles. The first kappa shape index (κ1) is 22.6. The summed E-state index contributed by atoms with van der Waals surface area (Å²) < 4.78 is 0. The van der Waals surface area contributed by atoms with Crippen LogP contribution in [0.3, 0.4) is 0 Å². The quantitative estimate of drug-likeness (QED) is 0.249. The van der Waals surface area contributed by atoms with E-state index >= 15 is 0 Å². The van der Waals surface area contributed by atoms with E-state index in [0.717, 1.165) is 28.3 Å². The van der Waals surface area contributed by atoms with Gasteiger partial charge in [-0.25, -0.2) is 9.97 Å². The smallest absolute Gasteiger partial charge is 0.126 e. The molecule has 0 N–H and O–H groups in total. The van der Waals surface area contributed by atoms with Crippen LogP contribution in [-0.4, -0.2) is 9.97 Å². The number of rotatable bonds is 5. The fourth-order valence-electron chi connectivity index (χ4n) is 4.72.